The van der Waals surface area contributed by atoms with Gasteiger partial charge >= 0.3 is 0 Å². The first-order chi connectivity index (χ1) is 11.9. The fourth-order valence-corrected chi connectivity index (χ4v) is 3.84. The summed E-state index contributed by atoms with van der Waals surface area (Å²) in [6.07, 6.45) is 12.3. The Morgan fingerprint density at radius 3 is 3.08 bits per heavy atom. The Labute approximate surface area is 144 Å². The lowest BCUT2D eigenvalue weighted by molar-refractivity contribution is 0.136. The molecule has 7 nitrogen and oxygen atoms in total. The standard InChI is InChI=1S/C16H19N7S/c1-2-6-23(9-12-7-18-11-20-12)14(3-1)13-10-24-16(21-13)22-15-8-17-4-5-19-15/h4-5,7-8,10-11,14H,1-3,6,9H2,(H,18,20)(H,19,21,22)/t14-/m1/s1. The van der Waals surface area contributed by atoms with Gasteiger partial charge in [-0.25, -0.2) is 15.0 Å². The topological polar surface area (TPSA) is 82.6 Å². The molecule has 4 heterocycles. The van der Waals surface area contributed by atoms with E-state index in [2.05, 4.69) is 35.5 Å². The van der Waals surface area contributed by atoms with Crippen molar-refractivity contribution in [1.29, 1.82) is 0 Å². The SMILES string of the molecule is c1cnc(Nc2nc([C@H]3CCCCN3Cc3cnc[nH]3)cs2)cn1. The van der Waals surface area contributed by atoms with Gasteiger partial charge in [-0.15, -0.1) is 11.3 Å². The summed E-state index contributed by atoms with van der Waals surface area (Å²) in [7, 11) is 0. The first kappa shape index (κ1) is 15.2. The summed E-state index contributed by atoms with van der Waals surface area (Å²) in [6, 6.07) is 0.357. The van der Waals surface area contributed by atoms with Gasteiger partial charge in [0.25, 0.3) is 0 Å². The second-order valence-corrected chi connectivity index (χ2v) is 6.71. The van der Waals surface area contributed by atoms with Crippen LogP contribution in [0.4, 0.5) is 10.9 Å². The number of nitrogens with one attached hydrogen (secondary N) is 2. The molecule has 3 aromatic heterocycles. The molecule has 1 aliphatic heterocycles. The van der Waals surface area contributed by atoms with Gasteiger partial charge in [0.2, 0.25) is 0 Å². The average molecular weight is 341 g/mol. The lowest BCUT2D eigenvalue weighted by Crippen LogP contribution is -2.33. The quantitative estimate of drug-likeness (QED) is 0.742. The van der Waals surface area contributed by atoms with Crippen molar-refractivity contribution in [3.05, 3.63) is 47.9 Å². The van der Waals surface area contributed by atoms with Crippen LogP contribution in [0.2, 0.25) is 0 Å². The number of H-pyrrole nitrogens is 1. The second-order valence-electron chi connectivity index (χ2n) is 5.85. The largest absolute Gasteiger partial charge is 0.347 e. The van der Waals surface area contributed by atoms with Crippen LogP contribution in [0.25, 0.3) is 0 Å². The van der Waals surface area contributed by atoms with Crippen molar-refractivity contribution in [1.82, 2.24) is 29.8 Å². The minimum atomic E-state index is 0.357. The normalized spacial score (nSPS) is 18.6. The van der Waals surface area contributed by atoms with Crippen LogP contribution in [-0.2, 0) is 6.54 Å². The molecule has 2 N–H and O–H groups in total. The summed E-state index contributed by atoms with van der Waals surface area (Å²) >= 11 is 1.61. The molecule has 1 fully saturated rings. The number of piperidine rings is 1. The van der Waals surface area contributed by atoms with E-state index in [1.807, 2.05) is 6.20 Å². The van der Waals surface area contributed by atoms with E-state index in [0.29, 0.717) is 6.04 Å². The Hall–Kier alpha value is -2.32. The zero-order valence-corrected chi connectivity index (χ0v) is 14.0. The van der Waals surface area contributed by atoms with Gasteiger partial charge in [0.15, 0.2) is 10.9 Å². The predicted molar refractivity (Wildman–Crippen MR) is 93.0 cm³/mol. The van der Waals surface area contributed by atoms with Gasteiger partial charge in [-0.3, -0.25) is 9.88 Å². The van der Waals surface area contributed by atoms with Gasteiger partial charge in [0, 0.05) is 36.2 Å². The first-order valence-electron chi connectivity index (χ1n) is 8.08. The molecule has 1 aliphatic rings. The summed E-state index contributed by atoms with van der Waals surface area (Å²) in [5.74, 6) is 0.719. The number of thiazole rings is 1. The van der Waals surface area contributed by atoms with Crippen molar-refractivity contribution < 1.29 is 0 Å². The van der Waals surface area contributed by atoms with E-state index in [9.17, 15) is 0 Å². The van der Waals surface area contributed by atoms with Crippen LogP contribution >= 0.6 is 11.3 Å². The fourth-order valence-electron chi connectivity index (χ4n) is 3.07. The molecule has 4 rings (SSSR count). The van der Waals surface area contributed by atoms with Crippen LogP contribution in [0.5, 0.6) is 0 Å². The van der Waals surface area contributed by atoms with Crippen molar-refractivity contribution in [2.45, 2.75) is 31.8 Å². The maximum Gasteiger partial charge on any atom is 0.188 e. The number of nitrogens with zero attached hydrogens (tertiary/aromatic N) is 5. The number of imidazole rings is 1. The van der Waals surface area contributed by atoms with E-state index < -0.39 is 0 Å². The van der Waals surface area contributed by atoms with Crippen LogP contribution < -0.4 is 5.32 Å². The number of aromatic nitrogens is 5. The molecule has 3 aromatic rings. The molecule has 1 saturated heterocycles. The van der Waals surface area contributed by atoms with Gasteiger partial charge < -0.3 is 10.3 Å². The highest BCUT2D eigenvalue weighted by Crippen LogP contribution is 2.34. The number of likely N-dealkylation sites (tertiary alicyclic amines) is 1. The Balaban J connectivity index is 1.49. The summed E-state index contributed by atoms with van der Waals surface area (Å²) in [4.78, 5) is 22.9. The molecule has 0 bridgehead atoms. The van der Waals surface area contributed by atoms with Crippen molar-refractivity contribution in [2.24, 2.45) is 0 Å². The van der Waals surface area contributed by atoms with Gasteiger partial charge in [-0.05, 0) is 19.4 Å². The highest BCUT2D eigenvalue weighted by atomic mass is 32.1. The monoisotopic (exact) mass is 341 g/mol. The van der Waals surface area contributed by atoms with Crippen molar-refractivity contribution in [3.8, 4) is 0 Å². The molecule has 8 heteroatoms. The Morgan fingerprint density at radius 1 is 1.25 bits per heavy atom. The van der Waals surface area contributed by atoms with Crippen LogP contribution in [0.3, 0.4) is 0 Å². The predicted octanol–water partition coefficient (Wildman–Crippen LogP) is 3.13. The Bertz CT molecular complexity index is 756. The molecule has 124 valence electrons. The average Bonchev–Trinajstić information content (AvgIpc) is 3.29. The Morgan fingerprint density at radius 2 is 2.25 bits per heavy atom. The van der Waals surface area contributed by atoms with E-state index in [1.165, 1.54) is 12.8 Å². The third-order valence-electron chi connectivity index (χ3n) is 4.20. The van der Waals surface area contributed by atoms with Gasteiger partial charge in [-0.2, -0.15) is 0 Å². The number of hydrogen-bond acceptors (Lipinski definition) is 7. The fraction of sp³-hybridized carbons (Fsp3) is 0.375. The first-order valence-corrected chi connectivity index (χ1v) is 8.96. The molecule has 0 amide bonds. The number of aromatic amines is 1. The molecule has 1 atom stereocenters. The lowest BCUT2D eigenvalue weighted by atomic mass is 10.00. The molecule has 0 radical (unpaired) electrons. The minimum absolute atomic E-state index is 0.357. The van der Waals surface area contributed by atoms with E-state index >= 15 is 0 Å². The smallest absolute Gasteiger partial charge is 0.188 e. The summed E-state index contributed by atoms with van der Waals surface area (Å²) in [5, 5.41) is 6.23. The molecular weight excluding hydrogens is 322 g/mol. The van der Waals surface area contributed by atoms with Crippen LogP contribution in [0, 0.1) is 0 Å². The molecule has 0 spiro atoms. The van der Waals surface area contributed by atoms with Crippen molar-refractivity contribution in [3.63, 3.8) is 0 Å². The molecule has 0 aromatic carbocycles. The lowest BCUT2D eigenvalue weighted by Gasteiger charge is -2.34. The molecule has 0 unspecified atom stereocenters. The van der Waals surface area contributed by atoms with E-state index in [0.717, 1.165) is 41.8 Å². The van der Waals surface area contributed by atoms with E-state index in [1.54, 1.807) is 36.3 Å². The zero-order chi connectivity index (χ0) is 16.2. The maximum absolute atomic E-state index is 4.78. The third-order valence-corrected chi connectivity index (χ3v) is 4.98. The van der Waals surface area contributed by atoms with E-state index in [4.69, 9.17) is 4.98 Å². The summed E-state index contributed by atoms with van der Waals surface area (Å²) in [6.45, 7) is 1.98. The number of rotatable bonds is 5. The second kappa shape index (κ2) is 7.06. The summed E-state index contributed by atoms with van der Waals surface area (Å²) in [5.41, 5.74) is 2.28. The maximum atomic E-state index is 4.78. The minimum Gasteiger partial charge on any atom is -0.347 e. The van der Waals surface area contributed by atoms with Gasteiger partial charge in [0.05, 0.1) is 24.3 Å². The summed E-state index contributed by atoms with van der Waals surface area (Å²) < 4.78 is 0. The van der Waals surface area contributed by atoms with Gasteiger partial charge in [0.1, 0.15) is 0 Å². The van der Waals surface area contributed by atoms with E-state index in [-0.39, 0.29) is 0 Å². The third kappa shape index (κ3) is 3.44. The Kier molecular flexibility index (Phi) is 4.48. The number of hydrogen-bond donors (Lipinski definition) is 2. The zero-order valence-electron chi connectivity index (χ0n) is 13.2. The molecule has 24 heavy (non-hydrogen) atoms. The molecule has 0 aliphatic carbocycles. The molecular formula is C16H19N7S. The van der Waals surface area contributed by atoms with Crippen LogP contribution in [0.15, 0.2) is 36.5 Å². The highest BCUT2D eigenvalue weighted by Gasteiger charge is 2.26. The number of anilines is 2. The highest BCUT2D eigenvalue weighted by molar-refractivity contribution is 7.13. The van der Waals surface area contributed by atoms with Crippen molar-refractivity contribution in [2.75, 3.05) is 11.9 Å². The van der Waals surface area contributed by atoms with Gasteiger partial charge in [-0.1, -0.05) is 6.42 Å². The van der Waals surface area contributed by atoms with Crippen LogP contribution in [0.1, 0.15) is 36.7 Å². The van der Waals surface area contributed by atoms with Crippen LogP contribution in [-0.4, -0.2) is 36.4 Å². The molecule has 0 saturated carbocycles. The van der Waals surface area contributed by atoms with Crippen molar-refractivity contribution >= 4 is 22.3 Å².